The molecule has 1 unspecified atom stereocenters. The summed E-state index contributed by atoms with van der Waals surface area (Å²) in [4.78, 5) is 29.7. The van der Waals surface area contributed by atoms with Gasteiger partial charge in [-0.1, -0.05) is 60.5 Å². The number of halogens is 2. The van der Waals surface area contributed by atoms with Crippen molar-refractivity contribution in [1.29, 1.82) is 0 Å². The van der Waals surface area contributed by atoms with E-state index >= 15 is 0 Å². The van der Waals surface area contributed by atoms with Crippen molar-refractivity contribution < 1.29 is 9.59 Å². The molecule has 3 N–H and O–H groups in total. The Balaban J connectivity index is 1.70. The standard InChI is InChI=1S/C22H22Cl2N4O2S/c1-2-10-25-20(29)18(11-14-6-4-3-5-7-14)26-21(30)19-13-31-22(28-19)27-17-12-15(23)8-9-16(17)24/h3-9,12-13,18H,2,10-11H2,1H3,(H,25,29)(H,26,30)(H,27,28). The number of amides is 2. The first kappa shape index (κ1) is 23.1. The van der Waals surface area contributed by atoms with Crippen LogP contribution in [0.25, 0.3) is 0 Å². The van der Waals surface area contributed by atoms with Gasteiger partial charge >= 0.3 is 0 Å². The van der Waals surface area contributed by atoms with E-state index in [-0.39, 0.29) is 11.6 Å². The van der Waals surface area contributed by atoms with Crippen LogP contribution in [0.1, 0.15) is 29.4 Å². The van der Waals surface area contributed by atoms with E-state index < -0.39 is 11.9 Å². The van der Waals surface area contributed by atoms with Crippen molar-refractivity contribution in [2.24, 2.45) is 0 Å². The minimum atomic E-state index is -0.707. The second kappa shape index (κ2) is 11.1. The third kappa shape index (κ3) is 6.69. The van der Waals surface area contributed by atoms with E-state index in [1.165, 1.54) is 11.3 Å². The Morgan fingerprint density at radius 1 is 1.13 bits per heavy atom. The van der Waals surface area contributed by atoms with Crippen molar-refractivity contribution in [3.63, 3.8) is 0 Å². The van der Waals surface area contributed by atoms with Gasteiger partial charge in [-0.25, -0.2) is 4.98 Å². The molecule has 3 aromatic rings. The molecule has 0 aliphatic rings. The van der Waals surface area contributed by atoms with Crippen LogP contribution in [0, 0.1) is 0 Å². The molecule has 0 aliphatic carbocycles. The smallest absolute Gasteiger partial charge is 0.271 e. The van der Waals surface area contributed by atoms with Crippen molar-refractivity contribution in [2.45, 2.75) is 25.8 Å². The van der Waals surface area contributed by atoms with Crippen LogP contribution in [-0.4, -0.2) is 29.4 Å². The van der Waals surface area contributed by atoms with Gasteiger partial charge in [-0.15, -0.1) is 11.3 Å². The molecule has 0 saturated carbocycles. The summed E-state index contributed by atoms with van der Waals surface area (Å²) >= 11 is 13.4. The highest BCUT2D eigenvalue weighted by atomic mass is 35.5. The van der Waals surface area contributed by atoms with Gasteiger partial charge in [0.1, 0.15) is 11.7 Å². The van der Waals surface area contributed by atoms with Gasteiger partial charge in [-0.05, 0) is 30.2 Å². The number of nitrogens with zero attached hydrogens (tertiary/aromatic N) is 1. The maximum Gasteiger partial charge on any atom is 0.271 e. The summed E-state index contributed by atoms with van der Waals surface area (Å²) in [6, 6.07) is 13.9. The van der Waals surface area contributed by atoms with Crippen molar-refractivity contribution in [3.8, 4) is 0 Å². The number of anilines is 2. The number of benzene rings is 2. The summed E-state index contributed by atoms with van der Waals surface area (Å²) in [5, 5.41) is 11.9. The van der Waals surface area contributed by atoms with E-state index in [9.17, 15) is 9.59 Å². The van der Waals surface area contributed by atoms with Gasteiger partial charge in [0.25, 0.3) is 5.91 Å². The molecule has 1 heterocycles. The summed E-state index contributed by atoms with van der Waals surface area (Å²) in [6.45, 7) is 2.52. The number of carbonyl (C=O) groups excluding carboxylic acids is 2. The maximum absolute atomic E-state index is 12.8. The number of thiazole rings is 1. The molecular formula is C22H22Cl2N4O2S. The van der Waals surface area contributed by atoms with E-state index in [1.54, 1.807) is 23.6 Å². The molecule has 0 bridgehead atoms. The van der Waals surface area contributed by atoms with Crippen LogP contribution in [0.3, 0.4) is 0 Å². The van der Waals surface area contributed by atoms with Crippen molar-refractivity contribution in [2.75, 3.05) is 11.9 Å². The van der Waals surface area contributed by atoms with Crippen molar-refractivity contribution in [1.82, 2.24) is 15.6 Å². The highest BCUT2D eigenvalue weighted by Gasteiger charge is 2.23. The topological polar surface area (TPSA) is 83.1 Å². The second-order valence-corrected chi connectivity index (χ2v) is 8.50. The minimum absolute atomic E-state index is 0.215. The number of aromatic nitrogens is 1. The Labute approximate surface area is 195 Å². The van der Waals surface area contributed by atoms with E-state index in [4.69, 9.17) is 23.2 Å². The van der Waals surface area contributed by atoms with Crippen molar-refractivity contribution in [3.05, 3.63) is 75.2 Å². The van der Waals surface area contributed by atoms with Gasteiger partial charge in [0.2, 0.25) is 5.91 Å². The summed E-state index contributed by atoms with van der Waals surface area (Å²) < 4.78 is 0. The van der Waals surface area contributed by atoms with E-state index in [2.05, 4.69) is 20.9 Å². The van der Waals surface area contributed by atoms with Crippen LogP contribution in [0.5, 0.6) is 0 Å². The monoisotopic (exact) mass is 476 g/mol. The third-order valence-corrected chi connectivity index (χ3v) is 5.68. The number of hydrogen-bond acceptors (Lipinski definition) is 5. The fourth-order valence-corrected chi connectivity index (χ4v) is 3.85. The zero-order valence-corrected chi connectivity index (χ0v) is 19.2. The molecule has 6 nitrogen and oxygen atoms in total. The molecule has 0 aliphatic heterocycles. The van der Waals surface area contributed by atoms with E-state index in [0.29, 0.717) is 33.8 Å². The van der Waals surface area contributed by atoms with E-state index in [0.717, 1.165) is 12.0 Å². The fourth-order valence-electron chi connectivity index (χ4n) is 2.81. The van der Waals surface area contributed by atoms with Crippen LogP contribution < -0.4 is 16.0 Å². The Morgan fingerprint density at radius 3 is 2.65 bits per heavy atom. The lowest BCUT2D eigenvalue weighted by molar-refractivity contribution is -0.122. The summed E-state index contributed by atoms with van der Waals surface area (Å²) in [7, 11) is 0. The normalized spacial score (nSPS) is 11.6. The quantitative estimate of drug-likeness (QED) is 0.402. The predicted octanol–water partition coefficient (Wildman–Crippen LogP) is 5.06. The first-order valence-corrected chi connectivity index (χ1v) is 11.4. The summed E-state index contributed by atoms with van der Waals surface area (Å²) in [6.07, 6.45) is 1.19. The molecule has 2 aromatic carbocycles. The molecule has 2 amide bonds. The second-order valence-electron chi connectivity index (χ2n) is 6.79. The van der Waals surface area contributed by atoms with Gasteiger partial charge < -0.3 is 16.0 Å². The maximum atomic E-state index is 12.8. The molecule has 0 saturated heterocycles. The fraction of sp³-hybridized carbons (Fsp3) is 0.227. The molecule has 31 heavy (non-hydrogen) atoms. The zero-order chi connectivity index (χ0) is 22.2. The highest BCUT2D eigenvalue weighted by Crippen LogP contribution is 2.29. The lowest BCUT2D eigenvalue weighted by atomic mass is 10.0. The molecule has 0 fully saturated rings. The molecule has 0 spiro atoms. The lowest BCUT2D eigenvalue weighted by Gasteiger charge is -2.18. The first-order chi connectivity index (χ1) is 15.0. The lowest BCUT2D eigenvalue weighted by Crippen LogP contribution is -2.48. The molecular weight excluding hydrogens is 455 g/mol. The largest absolute Gasteiger partial charge is 0.354 e. The van der Waals surface area contributed by atoms with Crippen molar-refractivity contribution >= 4 is 57.2 Å². The highest BCUT2D eigenvalue weighted by molar-refractivity contribution is 7.14. The Kier molecular flexibility index (Phi) is 8.28. The summed E-state index contributed by atoms with van der Waals surface area (Å²) in [5.74, 6) is -0.646. The molecule has 1 aromatic heterocycles. The number of hydrogen-bond donors (Lipinski definition) is 3. The van der Waals surface area contributed by atoms with Gasteiger partial charge in [0.05, 0.1) is 10.7 Å². The average Bonchev–Trinajstić information content (AvgIpc) is 3.23. The van der Waals surface area contributed by atoms with Crippen LogP contribution in [-0.2, 0) is 11.2 Å². The minimum Gasteiger partial charge on any atom is -0.354 e. The average molecular weight is 477 g/mol. The molecule has 1 atom stereocenters. The molecule has 162 valence electrons. The SMILES string of the molecule is CCCNC(=O)C(Cc1ccccc1)NC(=O)c1csc(Nc2cc(Cl)ccc2Cl)n1. The number of carbonyl (C=O) groups is 2. The molecule has 3 rings (SSSR count). The van der Waals surface area contributed by atoms with Gasteiger partial charge in [0.15, 0.2) is 5.13 Å². The Hall–Kier alpha value is -2.61. The third-order valence-electron chi connectivity index (χ3n) is 4.36. The van der Waals surface area contributed by atoms with Crippen LogP contribution >= 0.6 is 34.5 Å². The summed E-state index contributed by atoms with van der Waals surface area (Å²) in [5.41, 5.74) is 1.76. The van der Waals surface area contributed by atoms with Crippen LogP contribution in [0.15, 0.2) is 53.9 Å². The molecule has 0 radical (unpaired) electrons. The number of nitrogens with one attached hydrogen (secondary N) is 3. The Morgan fingerprint density at radius 2 is 1.90 bits per heavy atom. The first-order valence-electron chi connectivity index (χ1n) is 9.76. The zero-order valence-electron chi connectivity index (χ0n) is 16.8. The van der Waals surface area contributed by atoms with Crippen LogP contribution in [0.4, 0.5) is 10.8 Å². The van der Waals surface area contributed by atoms with Gasteiger partial charge in [0, 0.05) is 23.4 Å². The predicted molar refractivity (Wildman–Crippen MR) is 127 cm³/mol. The number of rotatable bonds is 9. The van der Waals surface area contributed by atoms with E-state index in [1.807, 2.05) is 37.3 Å². The Bertz CT molecular complexity index is 1040. The van der Waals surface area contributed by atoms with Gasteiger partial charge in [-0.3, -0.25) is 9.59 Å². The van der Waals surface area contributed by atoms with Gasteiger partial charge in [-0.2, -0.15) is 0 Å². The van der Waals surface area contributed by atoms with Crippen LogP contribution in [0.2, 0.25) is 10.0 Å². The molecule has 9 heteroatoms.